The van der Waals surface area contributed by atoms with Crippen LogP contribution >= 0.6 is 11.6 Å². The summed E-state index contributed by atoms with van der Waals surface area (Å²) in [4.78, 5) is 10.5. The fourth-order valence-electron chi connectivity index (χ4n) is 0.992. The van der Waals surface area contributed by atoms with Crippen LogP contribution in [0.5, 0.6) is 0 Å². The van der Waals surface area contributed by atoms with Crippen LogP contribution in [0, 0.1) is 11.6 Å². The number of hydrogen-bond acceptors (Lipinski definition) is 1. The van der Waals surface area contributed by atoms with E-state index in [0.717, 1.165) is 6.07 Å². The van der Waals surface area contributed by atoms with Crippen LogP contribution in [-0.4, -0.2) is 12.0 Å². The van der Waals surface area contributed by atoms with E-state index < -0.39 is 40.6 Å². The molecule has 0 radical (unpaired) electrons. The first kappa shape index (κ1) is 12.9. The fourth-order valence-corrected chi connectivity index (χ4v) is 1.17. The molecule has 1 nitrogen and oxygen atoms in total. The van der Waals surface area contributed by atoms with E-state index in [-0.39, 0.29) is 0 Å². The van der Waals surface area contributed by atoms with E-state index in [1.54, 1.807) is 0 Å². The molecule has 0 aliphatic heterocycles. The summed E-state index contributed by atoms with van der Waals surface area (Å²) in [6.07, 6.45) is -6.52. The highest BCUT2D eigenvalue weighted by molar-refractivity contribution is 6.30. The van der Waals surface area contributed by atoms with E-state index in [9.17, 15) is 26.7 Å². The van der Waals surface area contributed by atoms with Gasteiger partial charge in [0.2, 0.25) is 5.78 Å². The minimum Gasteiger partial charge on any atom is -0.289 e. The molecule has 0 atom stereocenters. The van der Waals surface area contributed by atoms with Crippen LogP contribution in [0.1, 0.15) is 5.56 Å². The minimum absolute atomic E-state index is 0.536. The molecule has 0 aromatic heterocycles. The van der Waals surface area contributed by atoms with Crippen LogP contribution < -0.4 is 0 Å². The van der Waals surface area contributed by atoms with E-state index in [4.69, 9.17) is 11.6 Å². The highest BCUT2D eigenvalue weighted by atomic mass is 35.5. The SMILES string of the molecule is O=C(Cc1c(F)ccc(Cl)c1F)C(F)(F)F. The predicted octanol–water partition coefficient (Wildman–Crippen LogP) is 3.29. The molecule has 1 rings (SSSR count). The van der Waals surface area contributed by atoms with Crippen LogP contribution in [0.2, 0.25) is 5.02 Å². The van der Waals surface area contributed by atoms with Gasteiger partial charge in [0, 0.05) is 12.0 Å². The van der Waals surface area contributed by atoms with Crippen molar-refractivity contribution >= 4 is 17.4 Å². The molecule has 0 saturated heterocycles. The average molecular weight is 259 g/mol. The van der Waals surface area contributed by atoms with Crippen molar-refractivity contribution in [2.45, 2.75) is 12.6 Å². The summed E-state index contributed by atoms with van der Waals surface area (Å²) in [6, 6.07) is 1.55. The maximum atomic E-state index is 13.1. The van der Waals surface area contributed by atoms with Gasteiger partial charge in [-0.15, -0.1) is 0 Å². The average Bonchev–Trinajstić information content (AvgIpc) is 2.17. The third-order valence-electron chi connectivity index (χ3n) is 1.79. The molecule has 0 heterocycles. The van der Waals surface area contributed by atoms with Gasteiger partial charge in [-0.2, -0.15) is 13.2 Å². The summed E-state index contributed by atoms with van der Waals surface area (Å²) in [5.74, 6) is -4.81. The Hall–Kier alpha value is -1.17. The lowest BCUT2D eigenvalue weighted by Gasteiger charge is -2.07. The number of benzene rings is 1. The highest BCUT2D eigenvalue weighted by Crippen LogP contribution is 2.25. The number of halogens is 6. The van der Waals surface area contributed by atoms with E-state index in [1.807, 2.05) is 0 Å². The van der Waals surface area contributed by atoms with Gasteiger partial charge >= 0.3 is 6.18 Å². The van der Waals surface area contributed by atoms with Crippen molar-refractivity contribution in [1.29, 1.82) is 0 Å². The van der Waals surface area contributed by atoms with Crippen molar-refractivity contribution in [1.82, 2.24) is 0 Å². The Morgan fingerprint density at radius 1 is 1.25 bits per heavy atom. The topological polar surface area (TPSA) is 17.1 Å². The van der Waals surface area contributed by atoms with Gasteiger partial charge in [0.05, 0.1) is 5.02 Å². The maximum Gasteiger partial charge on any atom is 0.450 e. The Labute approximate surface area is 91.8 Å². The van der Waals surface area contributed by atoms with Gasteiger partial charge in [0.25, 0.3) is 0 Å². The summed E-state index contributed by atoms with van der Waals surface area (Å²) < 4.78 is 61.7. The lowest BCUT2D eigenvalue weighted by atomic mass is 10.1. The lowest BCUT2D eigenvalue weighted by molar-refractivity contribution is -0.170. The summed E-state index contributed by atoms with van der Waals surface area (Å²) in [5.41, 5.74) is -0.977. The summed E-state index contributed by atoms with van der Waals surface area (Å²) >= 11 is 5.25. The lowest BCUT2D eigenvalue weighted by Crippen LogP contribution is -2.25. The van der Waals surface area contributed by atoms with Gasteiger partial charge in [0.1, 0.15) is 11.6 Å². The van der Waals surface area contributed by atoms with Crippen LogP contribution in [0.3, 0.4) is 0 Å². The smallest absolute Gasteiger partial charge is 0.289 e. The summed E-state index contributed by atoms with van der Waals surface area (Å²) in [5, 5.41) is -0.536. The molecule has 0 amide bonds. The zero-order valence-electron chi connectivity index (χ0n) is 7.54. The molecule has 1 aromatic rings. The molecule has 0 aliphatic carbocycles. The van der Waals surface area contributed by atoms with Crippen molar-refractivity contribution < 1.29 is 26.7 Å². The zero-order chi connectivity index (χ0) is 12.5. The Balaban J connectivity index is 3.07. The van der Waals surface area contributed by atoms with Gasteiger partial charge in [0.15, 0.2) is 0 Å². The number of hydrogen-bond donors (Lipinski definition) is 0. The van der Waals surface area contributed by atoms with Crippen molar-refractivity contribution in [3.63, 3.8) is 0 Å². The van der Waals surface area contributed by atoms with Crippen LogP contribution in [0.4, 0.5) is 22.0 Å². The number of rotatable bonds is 2. The molecule has 0 spiro atoms. The molecule has 0 saturated carbocycles. The van der Waals surface area contributed by atoms with Crippen molar-refractivity contribution in [3.05, 3.63) is 34.4 Å². The number of ketones is 1. The first-order valence-corrected chi connectivity index (χ1v) is 4.33. The molecule has 7 heteroatoms. The second-order valence-corrected chi connectivity index (χ2v) is 3.33. The number of carbonyl (C=O) groups excluding carboxylic acids is 1. The molecule has 16 heavy (non-hydrogen) atoms. The molecule has 88 valence electrons. The molecule has 0 fully saturated rings. The van der Waals surface area contributed by atoms with Crippen molar-refractivity contribution in [3.8, 4) is 0 Å². The van der Waals surface area contributed by atoms with E-state index >= 15 is 0 Å². The summed E-state index contributed by atoms with van der Waals surface area (Å²) in [6.45, 7) is 0. The predicted molar refractivity (Wildman–Crippen MR) is 46.1 cm³/mol. The monoisotopic (exact) mass is 258 g/mol. The Morgan fingerprint density at radius 2 is 1.81 bits per heavy atom. The number of carbonyl (C=O) groups is 1. The summed E-state index contributed by atoms with van der Waals surface area (Å²) in [7, 11) is 0. The fraction of sp³-hybridized carbons (Fsp3) is 0.222. The van der Waals surface area contributed by atoms with Crippen LogP contribution in [0.25, 0.3) is 0 Å². The Morgan fingerprint density at radius 3 is 2.31 bits per heavy atom. The third-order valence-corrected chi connectivity index (χ3v) is 2.08. The van der Waals surface area contributed by atoms with Gasteiger partial charge < -0.3 is 0 Å². The third kappa shape index (κ3) is 2.69. The Bertz CT molecular complexity index is 427. The van der Waals surface area contributed by atoms with Crippen LogP contribution in [0.15, 0.2) is 12.1 Å². The van der Waals surface area contributed by atoms with Gasteiger partial charge in [-0.05, 0) is 12.1 Å². The zero-order valence-corrected chi connectivity index (χ0v) is 8.29. The van der Waals surface area contributed by atoms with Gasteiger partial charge in [-0.3, -0.25) is 4.79 Å². The molecular formula is C9H4ClF5O. The second-order valence-electron chi connectivity index (χ2n) is 2.92. The second kappa shape index (κ2) is 4.37. The van der Waals surface area contributed by atoms with Gasteiger partial charge in [-0.1, -0.05) is 11.6 Å². The molecule has 0 unspecified atom stereocenters. The van der Waals surface area contributed by atoms with E-state index in [0.29, 0.717) is 6.07 Å². The number of alkyl halides is 3. The highest BCUT2D eigenvalue weighted by Gasteiger charge is 2.38. The largest absolute Gasteiger partial charge is 0.450 e. The van der Waals surface area contributed by atoms with Gasteiger partial charge in [-0.25, -0.2) is 8.78 Å². The quantitative estimate of drug-likeness (QED) is 0.588. The normalized spacial score (nSPS) is 11.6. The molecule has 0 aliphatic rings. The molecule has 0 N–H and O–H groups in total. The molecular weight excluding hydrogens is 255 g/mol. The number of Topliss-reactive ketones (excluding diaryl/α,β-unsaturated/α-hetero) is 1. The maximum absolute atomic E-state index is 13.1. The van der Waals surface area contributed by atoms with Crippen LogP contribution in [-0.2, 0) is 11.2 Å². The standard InChI is InChI=1S/C9H4ClF5O/c10-5-1-2-6(11)4(8(5)12)3-7(16)9(13,14)15/h1-2H,3H2. The van der Waals surface area contributed by atoms with Crippen molar-refractivity contribution in [2.24, 2.45) is 0 Å². The first-order valence-electron chi connectivity index (χ1n) is 3.96. The molecule has 0 bridgehead atoms. The molecule has 1 aromatic carbocycles. The minimum atomic E-state index is -5.12. The van der Waals surface area contributed by atoms with Crippen molar-refractivity contribution in [2.75, 3.05) is 0 Å². The first-order chi connectivity index (χ1) is 7.23. The Kier molecular flexibility index (Phi) is 3.52. The van der Waals surface area contributed by atoms with E-state index in [1.165, 1.54) is 0 Å². The van der Waals surface area contributed by atoms with E-state index in [2.05, 4.69) is 0 Å².